The average molecular weight is 268 g/mol. The maximum absolute atomic E-state index is 9.54. The van der Waals surface area contributed by atoms with Crippen molar-refractivity contribution in [3.63, 3.8) is 0 Å². The van der Waals surface area contributed by atoms with Crippen molar-refractivity contribution in [1.29, 1.82) is 0 Å². The van der Waals surface area contributed by atoms with Crippen molar-refractivity contribution in [3.8, 4) is 0 Å². The number of hydrogen-bond donors (Lipinski definition) is 2. The summed E-state index contributed by atoms with van der Waals surface area (Å²) in [5, 5.41) is 20.8. The highest BCUT2D eigenvalue weighted by Gasteiger charge is 2.23. The van der Waals surface area contributed by atoms with E-state index in [1.807, 2.05) is 18.2 Å². The summed E-state index contributed by atoms with van der Waals surface area (Å²) >= 11 is 0. The van der Waals surface area contributed by atoms with Gasteiger partial charge in [-0.2, -0.15) is 0 Å². The van der Waals surface area contributed by atoms with Gasteiger partial charge >= 0.3 is 7.12 Å². The Morgan fingerprint density at radius 3 is 2.35 bits per heavy atom. The summed E-state index contributed by atoms with van der Waals surface area (Å²) in [7, 11) is -1.50. The molecule has 0 fully saturated rings. The first-order valence-electron chi connectivity index (χ1n) is 6.70. The van der Waals surface area contributed by atoms with Gasteiger partial charge < -0.3 is 14.5 Å². The van der Waals surface area contributed by atoms with Gasteiger partial charge in [0.25, 0.3) is 0 Å². The molecule has 2 aromatic carbocycles. The van der Waals surface area contributed by atoms with Gasteiger partial charge in [0.2, 0.25) is 0 Å². The van der Waals surface area contributed by atoms with Crippen LogP contribution < -0.4 is 5.46 Å². The molecule has 0 atom stereocenters. The van der Waals surface area contributed by atoms with Crippen LogP contribution in [0, 0.1) is 0 Å². The van der Waals surface area contributed by atoms with E-state index in [-0.39, 0.29) is 5.41 Å². The van der Waals surface area contributed by atoms with Gasteiger partial charge in [0.1, 0.15) is 11.2 Å². The van der Waals surface area contributed by atoms with Gasteiger partial charge in [0.05, 0.1) is 0 Å². The topological polar surface area (TPSA) is 53.6 Å². The van der Waals surface area contributed by atoms with Crippen molar-refractivity contribution in [2.75, 3.05) is 0 Å². The lowest BCUT2D eigenvalue weighted by atomic mass is 9.77. The molecule has 0 amide bonds. The highest BCUT2D eigenvalue weighted by molar-refractivity contribution is 6.62. The third-order valence-corrected chi connectivity index (χ3v) is 3.64. The van der Waals surface area contributed by atoms with Gasteiger partial charge in [-0.15, -0.1) is 0 Å². The summed E-state index contributed by atoms with van der Waals surface area (Å²) in [6.45, 7) is 6.41. The molecule has 3 rings (SSSR count). The van der Waals surface area contributed by atoms with Crippen LogP contribution in [-0.4, -0.2) is 17.2 Å². The van der Waals surface area contributed by atoms with Crippen LogP contribution in [0.2, 0.25) is 0 Å². The smallest absolute Gasteiger partial charge is 0.456 e. The van der Waals surface area contributed by atoms with Crippen LogP contribution in [0.3, 0.4) is 0 Å². The number of fused-ring (bicyclic) bond motifs is 3. The molecule has 3 aromatic rings. The Morgan fingerprint density at radius 2 is 1.70 bits per heavy atom. The van der Waals surface area contributed by atoms with Crippen molar-refractivity contribution in [1.82, 2.24) is 0 Å². The fraction of sp³-hybridized carbons (Fsp3) is 0.250. The van der Waals surface area contributed by atoms with Crippen LogP contribution >= 0.6 is 0 Å². The van der Waals surface area contributed by atoms with Gasteiger partial charge in [-0.3, -0.25) is 0 Å². The lowest BCUT2D eigenvalue weighted by Crippen LogP contribution is -2.30. The Morgan fingerprint density at radius 1 is 1.00 bits per heavy atom. The highest BCUT2D eigenvalue weighted by atomic mass is 16.4. The molecule has 0 unspecified atom stereocenters. The van der Waals surface area contributed by atoms with E-state index in [1.165, 1.54) is 0 Å². The number of benzene rings is 2. The molecular weight excluding hydrogens is 251 g/mol. The molecule has 0 aliphatic rings. The molecule has 20 heavy (non-hydrogen) atoms. The van der Waals surface area contributed by atoms with Crippen LogP contribution in [0.15, 0.2) is 40.8 Å². The van der Waals surface area contributed by atoms with E-state index in [2.05, 4.69) is 26.8 Å². The fourth-order valence-corrected chi connectivity index (χ4v) is 2.68. The molecule has 1 aromatic heterocycles. The summed E-state index contributed by atoms with van der Waals surface area (Å²) < 4.78 is 5.98. The van der Waals surface area contributed by atoms with Gasteiger partial charge in [0, 0.05) is 16.3 Å². The maximum atomic E-state index is 9.54. The lowest BCUT2D eigenvalue weighted by Gasteiger charge is -2.18. The average Bonchev–Trinajstić information content (AvgIpc) is 2.75. The Kier molecular flexibility index (Phi) is 2.89. The van der Waals surface area contributed by atoms with E-state index in [0.717, 1.165) is 21.9 Å². The molecule has 0 radical (unpaired) electrons. The zero-order valence-electron chi connectivity index (χ0n) is 11.8. The second-order valence-electron chi connectivity index (χ2n) is 6.13. The van der Waals surface area contributed by atoms with Crippen LogP contribution in [0.5, 0.6) is 0 Å². The SMILES string of the molecule is CC(C)(C)c1cccc2c1oc1cccc(B(O)O)c12. The van der Waals surface area contributed by atoms with Crippen molar-refractivity contribution in [2.24, 2.45) is 0 Å². The molecule has 4 heteroatoms. The van der Waals surface area contributed by atoms with Gasteiger partial charge in [-0.05, 0) is 16.9 Å². The molecule has 3 nitrogen and oxygen atoms in total. The normalized spacial score (nSPS) is 12.2. The van der Waals surface area contributed by atoms with Crippen molar-refractivity contribution < 1.29 is 14.5 Å². The zero-order chi connectivity index (χ0) is 14.5. The first-order chi connectivity index (χ1) is 9.39. The summed E-state index contributed by atoms with van der Waals surface area (Å²) in [5.74, 6) is 0. The monoisotopic (exact) mass is 268 g/mol. The summed E-state index contributed by atoms with van der Waals surface area (Å²) in [5.41, 5.74) is 3.06. The van der Waals surface area contributed by atoms with Crippen LogP contribution in [0.4, 0.5) is 0 Å². The quantitative estimate of drug-likeness (QED) is 0.667. The van der Waals surface area contributed by atoms with Crippen LogP contribution in [0.25, 0.3) is 21.9 Å². The van der Waals surface area contributed by atoms with Crippen molar-refractivity contribution in [3.05, 3.63) is 42.0 Å². The Hall–Kier alpha value is -1.78. The predicted octanol–water partition coefficient (Wildman–Crippen LogP) is 2.56. The van der Waals surface area contributed by atoms with Crippen LogP contribution in [0.1, 0.15) is 26.3 Å². The van der Waals surface area contributed by atoms with E-state index >= 15 is 0 Å². The molecule has 102 valence electrons. The van der Waals surface area contributed by atoms with E-state index in [1.54, 1.807) is 12.1 Å². The van der Waals surface area contributed by atoms with E-state index in [9.17, 15) is 10.0 Å². The maximum Gasteiger partial charge on any atom is 0.489 e. The Bertz CT molecular complexity index is 781. The standard InChI is InChI=1S/C16H17BO3/c1-16(2,3)11-7-4-6-10-14-12(17(18)19)8-5-9-13(14)20-15(10)11/h4-9,18-19H,1-3H3. The first-order valence-corrected chi connectivity index (χ1v) is 6.70. The van der Waals surface area contributed by atoms with Gasteiger partial charge in [0.15, 0.2) is 0 Å². The molecular formula is C16H17BO3. The second-order valence-corrected chi connectivity index (χ2v) is 6.13. The Balaban J connectivity index is 2.47. The third-order valence-electron chi connectivity index (χ3n) is 3.64. The van der Waals surface area contributed by atoms with Gasteiger partial charge in [-0.1, -0.05) is 51.1 Å². The fourth-order valence-electron chi connectivity index (χ4n) is 2.68. The molecule has 0 saturated heterocycles. The molecule has 2 N–H and O–H groups in total. The summed E-state index contributed by atoms with van der Waals surface area (Å²) in [4.78, 5) is 0. The van der Waals surface area contributed by atoms with Gasteiger partial charge in [-0.25, -0.2) is 0 Å². The number of rotatable bonds is 1. The van der Waals surface area contributed by atoms with Crippen molar-refractivity contribution >= 4 is 34.5 Å². The minimum Gasteiger partial charge on any atom is -0.456 e. The van der Waals surface area contributed by atoms with E-state index in [4.69, 9.17) is 4.42 Å². The first kappa shape index (κ1) is 13.2. The van der Waals surface area contributed by atoms with Crippen LogP contribution in [-0.2, 0) is 5.41 Å². The highest BCUT2D eigenvalue weighted by Crippen LogP contribution is 2.35. The van der Waals surface area contributed by atoms with Crippen molar-refractivity contribution in [2.45, 2.75) is 26.2 Å². The zero-order valence-corrected chi connectivity index (χ0v) is 11.8. The Labute approximate surface area is 118 Å². The summed E-state index contributed by atoms with van der Waals surface area (Å²) in [6, 6.07) is 11.3. The minimum absolute atomic E-state index is 0.0363. The lowest BCUT2D eigenvalue weighted by molar-refractivity contribution is 0.426. The minimum atomic E-state index is -1.50. The molecule has 0 saturated carbocycles. The third kappa shape index (κ3) is 1.92. The van der Waals surface area contributed by atoms with E-state index in [0.29, 0.717) is 11.0 Å². The molecule has 0 aliphatic carbocycles. The number of para-hydroxylation sites is 1. The molecule has 0 aliphatic heterocycles. The number of furan rings is 1. The summed E-state index contributed by atoms with van der Waals surface area (Å²) in [6.07, 6.45) is 0. The second kappa shape index (κ2) is 4.37. The number of hydrogen-bond acceptors (Lipinski definition) is 3. The predicted molar refractivity (Wildman–Crippen MR) is 82.2 cm³/mol. The molecule has 0 spiro atoms. The van der Waals surface area contributed by atoms with E-state index < -0.39 is 7.12 Å². The molecule has 1 heterocycles. The molecule has 0 bridgehead atoms. The largest absolute Gasteiger partial charge is 0.489 e.